The van der Waals surface area contributed by atoms with Crippen molar-refractivity contribution in [1.82, 2.24) is 4.90 Å². The second kappa shape index (κ2) is 6.38. The van der Waals surface area contributed by atoms with Gasteiger partial charge in [0.2, 0.25) is 11.8 Å². The lowest BCUT2D eigenvalue weighted by Gasteiger charge is -2.30. The van der Waals surface area contributed by atoms with Crippen LogP contribution in [-0.2, 0) is 22.4 Å². The summed E-state index contributed by atoms with van der Waals surface area (Å²) in [6.45, 7) is 2.03. The first kappa shape index (κ1) is 14.9. The lowest BCUT2D eigenvalue weighted by atomic mass is 9.95. The molecular weight excluding hydrogens is 280 g/mol. The summed E-state index contributed by atoms with van der Waals surface area (Å²) in [5.74, 6) is 0.746. The van der Waals surface area contributed by atoms with Gasteiger partial charge in [-0.15, -0.1) is 0 Å². The molecule has 0 bridgehead atoms. The van der Waals surface area contributed by atoms with Crippen molar-refractivity contribution in [3.05, 3.63) is 29.3 Å². The van der Waals surface area contributed by atoms with Crippen LogP contribution in [0.3, 0.4) is 0 Å². The lowest BCUT2D eigenvalue weighted by Crippen LogP contribution is -2.42. The van der Waals surface area contributed by atoms with Gasteiger partial charge in [-0.1, -0.05) is 12.1 Å². The number of fused-ring (bicyclic) bond motifs is 1. The van der Waals surface area contributed by atoms with E-state index in [1.807, 2.05) is 17.0 Å². The zero-order valence-corrected chi connectivity index (χ0v) is 12.7. The first-order valence-electron chi connectivity index (χ1n) is 7.95. The van der Waals surface area contributed by atoms with E-state index in [0.29, 0.717) is 32.4 Å². The standard InChI is InChI=1S/C17H22N2O3/c18-17(21)13-5-7-19(8-6-13)16(20)11-12-3-4-15-14(10-12)2-1-9-22-15/h3-4,10,13H,1-2,5-9,11H2,(H2,18,21). The molecule has 1 fully saturated rings. The number of nitrogens with two attached hydrogens (primary N) is 1. The number of ether oxygens (including phenoxy) is 1. The van der Waals surface area contributed by atoms with Crippen molar-refractivity contribution < 1.29 is 14.3 Å². The first-order valence-corrected chi connectivity index (χ1v) is 7.95. The molecule has 118 valence electrons. The molecule has 2 heterocycles. The normalized spacial score (nSPS) is 18.5. The van der Waals surface area contributed by atoms with Crippen LogP contribution in [0, 0.1) is 5.92 Å². The minimum absolute atomic E-state index is 0.0788. The summed E-state index contributed by atoms with van der Waals surface area (Å²) in [7, 11) is 0. The van der Waals surface area contributed by atoms with Crippen molar-refractivity contribution in [3.63, 3.8) is 0 Å². The fourth-order valence-electron chi connectivity index (χ4n) is 3.22. The van der Waals surface area contributed by atoms with E-state index in [-0.39, 0.29) is 17.7 Å². The topological polar surface area (TPSA) is 72.6 Å². The highest BCUT2D eigenvalue weighted by atomic mass is 16.5. The number of carbonyl (C=O) groups is 2. The number of likely N-dealkylation sites (tertiary alicyclic amines) is 1. The molecule has 0 saturated carbocycles. The predicted octanol–water partition coefficient (Wildman–Crippen LogP) is 1.28. The highest BCUT2D eigenvalue weighted by molar-refractivity contribution is 5.80. The maximum Gasteiger partial charge on any atom is 0.226 e. The van der Waals surface area contributed by atoms with Crippen molar-refractivity contribution in [2.24, 2.45) is 11.7 Å². The number of rotatable bonds is 3. The third-order valence-corrected chi connectivity index (χ3v) is 4.58. The van der Waals surface area contributed by atoms with Crippen LogP contribution in [0.1, 0.15) is 30.4 Å². The number of aryl methyl sites for hydroxylation is 1. The molecule has 1 aromatic rings. The number of piperidine rings is 1. The molecule has 0 spiro atoms. The molecule has 0 unspecified atom stereocenters. The van der Waals surface area contributed by atoms with E-state index in [9.17, 15) is 9.59 Å². The van der Waals surface area contributed by atoms with E-state index in [1.54, 1.807) is 0 Å². The second-order valence-electron chi connectivity index (χ2n) is 6.13. The Kier molecular flexibility index (Phi) is 4.32. The minimum atomic E-state index is -0.248. The number of hydrogen-bond donors (Lipinski definition) is 1. The molecule has 2 aliphatic heterocycles. The average molecular weight is 302 g/mol. The average Bonchev–Trinajstić information content (AvgIpc) is 2.55. The zero-order chi connectivity index (χ0) is 15.5. The van der Waals surface area contributed by atoms with Gasteiger partial charge in [0, 0.05) is 19.0 Å². The molecule has 5 heteroatoms. The summed E-state index contributed by atoms with van der Waals surface area (Å²) >= 11 is 0. The van der Waals surface area contributed by atoms with Crippen molar-refractivity contribution in [2.45, 2.75) is 32.1 Å². The third-order valence-electron chi connectivity index (χ3n) is 4.58. The van der Waals surface area contributed by atoms with E-state index in [4.69, 9.17) is 10.5 Å². The minimum Gasteiger partial charge on any atom is -0.493 e. The Balaban J connectivity index is 1.59. The van der Waals surface area contributed by atoms with Crippen LogP contribution in [0.25, 0.3) is 0 Å². The lowest BCUT2D eigenvalue weighted by molar-refractivity contribution is -0.134. The molecular formula is C17H22N2O3. The van der Waals surface area contributed by atoms with Crippen LogP contribution in [0.2, 0.25) is 0 Å². The number of nitrogens with zero attached hydrogens (tertiary/aromatic N) is 1. The van der Waals surface area contributed by atoms with Gasteiger partial charge in [-0.25, -0.2) is 0 Å². The molecule has 0 aliphatic carbocycles. The molecule has 0 atom stereocenters. The van der Waals surface area contributed by atoms with Gasteiger partial charge in [0.05, 0.1) is 13.0 Å². The number of hydrogen-bond acceptors (Lipinski definition) is 3. The molecule has 5 nitrogen and oxygen atoms in total. The van der Waals surface area contributed by atoms with Crippen molar-refractivity contribution in [1.29, 1.82) is 0 Å². The summed E-state index contributed by atoms with van der Waals surface area (Å²) in [4.78, 5) is 25.4. The summed E-state index contributed by atoms with van der Waals surface area (Å²) in [5, 5.41) is 0. The van der Waals surface area contributed by atoms with E-state index in [2.05, 4.69) is 6.07 Å². The molecule has 2 aliphatic rings. The van der Waals surface area contributed by atoms with Crippen molar-refractivity contribution >= 4 is 11.8 Å². The van der Waals surface area contributed by atoms with Crippen LogP contribution in [0.5, 0.6) is 5.75 Å². The summed E-state index contributed by atoms with van der Waals surface area (Å²) in [6, 6.07) is 6.02. The first-order chi connectivity index (χ1) is 10.6. The number of primary amides is 1. The Labute approximate surface area is 130 Å². The molecule has 0 aromatic heterocycles. The predicted molar refractivity (Wildman–Crippen MR) is 82.5 cm³/mol. The molecule has 2 N–H and O–H groups in total. The molecule has 1 saturated heterocycles. The van der Waals surface area contributed by atoms with Gasteiger partial charge in [0.25, 0.3) is 0 Å². The van der Waals surface area contributed by atoms with E-state index in [0.717, 1.165) is 30.8 Å². The van der Waals surface area contributed by atoms with Gasteiger partial charge in [-0.3, -0.25) is 9.59 Å². The van der Waals surface area contributed by atoms with Gasteiger partial charge in [0.15, 0.2) is 0 Å². The molecule has 1 aromatic carbocycles. The van der Waals surface area contributed by atoms with Crippen molar-refractivity contribution in [2.75, 3.05) is 19.7 Å². The SMILES string of the molecule is NC(=O)C1CCN(C(=O)Cc2ccc3c(c2)CCCO3)CC1. The number of amides is 2. The molecule has 2 amide bonds. The largest absolute Gasteiger partial charge is 0.493 e. The molecule has 3 rings (SSSR count). The van der Waals surface area contributed by atoms with Crippen LogP contribution in [0.15, 0.2) is 18.2 Å². The molecule has 22 heavy (non-hydrogen) atoms. The Bertz CT molecular complexity index is 577. The van der Waals surface area contributed by atoms with Gasteiger partial charge >= 0.3 is 0 Å². The fourth-order valence-corrected chi connectivity index (χ4v) is 3.22. The Morgan fingerprint density at radius 1 is 1.27 bits per heavy atom. The second-order valence-corrected chi connectivity index (χ2v) is 6.13. The Morgan fingerprint density at radius 2 is 2.05 bits per heavy atom. The summed E-state index contributed by atoms with van der Waals surface area (Å²) in [6.07, 6.45) is 3.82. The maximum absolute atomic E-state index is 12.4. The molecule has 0 radical (unpaired) electrons. The van der Waals surface area contributed by atoms with E-state index < -0.39 is 0 Å². The van der Waals surface area contributed by atoms with Gasteiger partial charge < -0.3 is 15.4 Å². The maximum atomic E-state index is 12.4. The van der Waals surface area contributed by atoms with Gasteiger partial charge in [-0.05, 0) is 42.9 Å². The van der Waals surface area contributed by atoms with Gasteiger partial charge in [0.1, 0.15) is 5.75 Å². The summed E-state index contributed by atoms with van der Waals surface area (Å²) < 4.78 is 5.59. The highest BCUT2D eigenvalue weighted by Crippen LogP contribution is 2.26. The van der Waals surface area contributed by atoms with Crippen LogP contribution < -0.4 is 10.5 Å². The Morgan fingerprint density at radius 3 is 2.77 bits per heavy atom. The van der Waals surface area contributed by atoms with Gasteiger partial charge in [-0.2, -0.15) is 0 Å². The van der Waals surface area contributed by atoms with Crippen LogP contribution >= 0.6 is 0 Å². The van der Waals surface area contributed by atoms with E-state index in [1.165, 1.54) is 5.56 Å². The number of carbonyl (C=O) groups excluding carboxylic acids is 2. The van der Waals surface area contributed by atoms with Crippen LogP contribution in [-0.4, -0.2) is 36.4 Å². The Hall–Kier alpha value is -2.04. The third kappa shape index (κ3) is 3.24. The van der Waals surface area contributed by atoms with Crippen LogP contribution in [0.4, 0.5) is 0 Å². The summed E-state index contributed by atoms with van der Waals surface area (Å²) in [5.41, 5.74) is 7.55. The zero-order valence-electron chi connectivity index (χ0n) is 12.7. The monoisotopic (exact) mass is 302 g/mol. The smallest absolute Gasteiger partial charge is 0.226 e. The van der Waals surface area contributed by atoms with E-state index >= 15 is 0 Å². The van der Waals surface area contributed by atoms with Crippen molar-refractivity contribution in [3.8, 4) is 5.75 Å². The quantitative estimate of drug-likeness (QED) is 0.914. The highest BCUT2D eigenvalue weighted by Gasteiger charge is 2.25. The number of benzene rings is 1. The fraction of sp³-hybridized carbons (Fsp3) is 0.529.